The largest absolute Gasteiger partial charge is 0.497 e. The molecule has 0 bridgehead atoms. The minimum absolute atomic E-state index is 0.0668. The van der Waals surface area contributed by atoms with Crippen molar-refractivity contribution in [1.29, 1.82) is 0 Å². The third-order valence-corrected chi connectivity index (χ3v) is 3.52. The number of carbonyl (C=O) groups excluding carboxylic acids is 1. The molecule has 0 radical (unpaired) electrons. The summed E-state index contributed by atoms with van der Waals surface area (Å²) in [5.41, 5.74) is 1.10. The molecule has 0 spiro atoms. The van der Waals surface area contributed by atoms with Crippen LogP contribution in [0.5, 0.6) is 5.75 Å². The van der Waals surface area contributed by atoms with E-state index in [4.69, 9.17) is 4.74 Å². The number of hydrogen-bond donors (Lipinski definition) is 1. The van der Waals surface area contributed by atoms with Crippen LogP contribution in [0.15, 0.2) is 24.3 Å². The average molecular weight is 278 g/mol. The van der Waals surface area contributed by atoms with E-state index in [1.165, 1.54) is 0 Å². The van der Waals surface area contributed by atoms with Crippen molar-refractivity contribution in [2.75, 3.05) is 27.2 Å². The number of amides is 1. The topological polar surface area (TPSA) is 41.6 Å². The van der Waals surface area contributed by atoms with Crippen molar-refractivity contribution in [3.8, 4) is 5.75 Å². The first-order valence-electron chi connectivity index (χ1n) is 7.22. The first kappa shape index (κ1) is 16.5. The molecule has 0 aliphatic carbocycles. The molecule has 1 aromatic rings. The third-order valence-electron chi connectivity index (χ3n) is 3.52. The van der Waals surface area contributed by atoms with Crippen molar-refractivity contribution in [1.82, 2.24) is 10.2 Å². The Labute approximate surface area is 122 Å². The molecule has 0 fully saturated rings. The lowest BCUT2D eigenvalue weighted by Gasteiger charge is -2.28. The summed E-state index contributed by atoms with van der Waals surface area (Å²) in [5.74, 6) is 1.03. The second-order valence-corrected chi connectivity index (χ2v) is 4.84. The summed E-state index contributed by atoms with van der Waals surface area (Å²) >= 11 is 0. The molecule has 4 nitrogen and oxygen atoms in total. The highest BCUT2D eigenvalue weighted by Gasteiger charge is 2.19. The second-order valence-electron chi connectivity index (χ2n) is 4.84. The molecule has 0 aliphatic heterocycles. The third kappa shape index (κ3) is 4.53. The van der Waals surface area contributed by atoms with Gasteiger partial charge >= 0.3 is 0 Å². The molecule has 0 saturated heterocycles. The molecule has 1 aromatic carbocycles. The van der Waals surface area contributed by atoms with Gasteiger partial charge in [-0.05, 0) is 51.6 Å². The van der Waals surface area contributed by atoms with Gasteiger partial charge in [-0.25, -0.2) is 0 Å². The molecule has 0 heterocycles. The lowest BCUT2D eigenvalue weighted by atomic mass is 10.1. The average Bonchev–Trinajstić information content (AvgIpc) is 2.48. The van der Waals surface area contributed by atoms with Gasteiger partial charge in [0.05, 0.1) is 13.2 Å². The molecule has 112 valence electrons. The fraction of sp³-hybridized carbons (Fsp3) is 0.562. The van der Waals surface area contributed by atoms with Gasteiger partial charge in [0, 0.05) is 13.0 Å². The van der Waals surface area contributed by atoms with Crippen molar-refractivity contribution in [3.05, 3.63) is 29.8 Å². The normalized spacial score (nSPS) is 12.0. The van der Waals surface area contributed by atoms with Crippen LogP contribution in [0.3, 0.4) is 0 Å². The highest BCUT2D eigenvalue weighted by atomic mass is 16.5. The summed E-state index contributed by atoms with van der Waals surface area (Å²) in [6.45, 7) is 5.68. The van der Waals surface area contributed by atoms with Crippen LogP contribution in [0.25, 0.3) is 0 Å². The number of ether oxygens (including phenoxy) is 1. The Balaban J connectivity index is 2.74. The Hall–Kier alpha value is -1.55. The number of hydrogen-bond acceptors (Lipinski definition) is 3. The Bertz CT molecular complexity index is 421. The zero-order chi connectivity index (χ0) is 15.0. The van der Waals surface area contributed by atoms with Crippen molar-refractivity contribution in [2.24, 2.45) is 0 Å². The standard InChI is InChI=1S/C16H26N2O2/c1-5-18(16(19)10-7-11-17-3)13(2)14-8-6-9-15(12-14)20-4/h6,8-9,12-13,17H,5,7,10-11H2,1-4H3. The summed E-state index contributed by atoms with van der Waals surface area (Å²) < 4.78 is 5.25. The van der Waals surface area contributed by atoms with Crippen LogP contribution in [0, 0.1) is 0 Å². The number of methoxy groups -OCH3 is 1. The van der Waals surface area contributed by atoms with Crippen LogP contribution in [-0.2, 0) is 4.79 Å². The Morgan fingerprint density at radius 2 is 2.20 bits per heavy atom. The van der Waals surface area contributed by atoms with E-state index in [1.54, 1.807) is 7.11 Å². The minimum Gasteiger partial charge on any atom is -0.497 e. The molecule has 0 aliphatic rings. The van der Waals surface area contributed by atoms with Crippen LogP contribution in [0.1, 0.15) is 38.3 Å². The van der Waals surface area contributed by atoms with E-state index < -0.39 is 0 Å². The molecule has 20 heavy (non-hydrogen) atoms. The second kappa shape index (κ2) is 8.59. The minimum atomic E-state index is 0.0668. The van der Waals surface area contributed by atoms with Crippen molar-refractivity contribution in [2.45, 2.75) is 32.7 Å². The Kier molecular flexibility index (Phi) is 7.09. The van der Waals surface area contributed by atoms with E-state index in [0.29, 0.717) is 6.42 Å². The predicted molar refractivity (Wildman–Crippen MR) is 82.0 cm³/mol. The maximum absolute atomic E-state index is 12.3. The first-order valence-corrected chi connectivity index (χ1v) is 7.22. The lowest BCUT2D eigenvalue weighted by Crippen LogP contribution is -2.33. The van der Waals surface area contributed by atoms with Crippen LogP contribution < -0.4 is 10.1 Å². The number of rotatable bonds is 8. The highest BCUT2D eigenvalue weighted by Crippen LogP contribution is 2.24. The molecule has 0 aromatic heterocycles. The van der Waals surface area contributed by atoms with Crippen LogP contribution in [0.4, 0.5) is 0 Å². The van der Waals surface area contributed by atoms with Gasteiger partial charge in [0.2, 0.25) is 5.91 Å². The van der Waals surface area contributed by atoms with E-state index in [2.05, 4.69) is 12.2 Å². The SMILES string of the molecule is CCN(C(=O)CCCNC)C(C)c1cccc(OC)c1. The van der Waals surface area contributed by atoms with Crippen LogP contribution in [0.2, 0.25) is 0 Å². The molecule has 1 rings (SSSR count). The highest BCUT2D eigenvalue weighted by molar-refractivity contribution is 5.76. The lowest BCUT2D eigenvalue weighted by molar-refractivity contribution is -0.133. The molecular formula is C16H26N2O2. The quantitative estimate of drug-likeness (QED) is 0.743. The van der Waals surface area contributed by atoms with Gasteiger partial charge in [-0.15, -0.1) is 0 Å². The summed E-state index contributed by atoms with van der Waals surface area (Å²) in [7, 11) is 3.56. The fourth-order valence-corrected chi connectivity index (χ4v) is 2.31. The number of benzene rings is 1. The summed E-state index contributed by atoms with van der Waals surface area (Å²) in [6, 6.07) is 7.98. The zero-order valence-electron chi connectivity index (χ0n) is 13.0. The van der Waals surface area contributed by atoms with E-state index in [0.717, 1.165) is 30.8 Å². The zero-order valence-corrected chi connectivity index (χ0v) is 13.0. The maximum atomic E-state index is 12.3. The fourth-order valence-electron chi connectivity index (χ4n) is 2.31. The number of nitrogens with zero attached hydrogens (tertiary/aromatic N) is 1. The van der Waals surface area contributed by atoms with Crippen molar-refractivity contribution in [3.63, 3.8) is 0 Å². The number of nitrogens with one attached hydrogen (secondary N) is 1. The van der Waals surface area contributed by atoms with E-state index in [-0.39, 0.29) is 11.9 Å². The number of carbonyl (C=O) groups is 1. The molecular weight excluding hydrogens is 252 g/mol. The smallest absolute Gasteiger partial charge is 0.223 e. The van der Waals surface area contributed by atoms with E-state index in [9.17, 15) is 4.79 Å². The molecule has 4 heteroatoms. The van der Waals surface area contributed by atoms with Gasteiger partial charge < -0.3 is 15.0 Å². The van der Waals surface area contributed by atoms with Gasteiger partial charge in [0.15, 0.2) is 0 Å². The van der Waals surface area contributed by atoms with Gasteiger partial charge in [0.1, 0.15) is 5.75 Å². The Morgan fingerprint density at radius 1 is 1.45 bits per heavy atom. The monoisotopic (exact) mass is 278 g/mol. The van der Waals surface area contributed by atoms with Crippen LogP contribution >= 0.6 is 0 Å². The Morgan fingerprint density at radius 3 is 2.80 bits per heavy atom. The van der Waals surface area contributed by atoms with E-state index >= 15 is 0 Å². The van der Waals surface area contributed by atoms with Gasteiger partial charge in [-0.2, -0.15) is 0 Å². The molecule has 1 atom stereocenters. The van der Waals surface area contributed by atoms with Crippen molar-refractivity contribution < 1.29 is 9.53 Å². The van der Waals surface area contributed by atoms with Crippen LogP contribution in [-0.4, -0.2) is 38.1 Å². The molecule has 1 amide bonds. The van der Waals surface area contributed by atoms with E-state index in [1.807, 2.05) is 43.1 Å². The molecule has 1 unspecified atom stereocenters. The predicted octanol–water partition coefficient (Wildman–Crippen LogP) is 2.60. The molecule has 1 N–H and O–H groups in total. The summed E-state index contributed by atoms with van der Waals surface area (Å²) in [6.07, 6.45) is 1.46. The van der Waals surface area contributed by atoms with Gasteiger partial charge in [-0.1, -0.05) is 12.1 Å². The van der Waals surface area contributed by atoms with Gasteiger partial charge in [0.25, 0.3) is 0 Å². The summed E-state index contributed by atoms with van der Waals surface area (Å²) in [4.78, 5) is 14.2. The summed E-state index contributed by atoms with van der Waals surface area (Å²) in [5, 5.41) is 3.07. The molecule has 0 saturated carbocycles. The first-order chi connectivity index (χ1) is 9.63. The maximum Gasteiger partial charge on any atom is 0.223 e. The van der Waals surface area contributed by atoms with Crippen molar-refractivity contribution >= 4 is 5.91 Å². The van der Waals surface area contributed by atoms with Gasteiger partial charge in [-0.3, -0.25) is 4.79 Å².